The predicted molar refractivity (Wildman–Crippen MR) is 95.8 cm³/mol. The molecule has 0 aliphatic carbocycles. The van der Waals surface area contributed by atoms with E-state index in [0.717, 1.165) is 38.5 Å². The summed E-state index contributed by atoms with van der Waals surface area (Å²) in [4.78, 5) is 4.60. The number of nitrogens with zero attached hydrogens (tertiary/aromatic N) is 2. The Balaban J connectivity index is 1.82. The topological polar surface area (TPSA) is 39.1 Å². The van der Waals surface area contributed by atoms with Crippen molar-refractivity contribution in [2.45, 2.75) is 25.9 Å². The molecule has 5 heteroatoms. The summed E-state index contributed by atoms with van der Waals surface area (Å²) in [5.41, 5.74) is 1.26. The molecule has 0 radical (unpaired) electrons. The summed E-state index contributed by atoms with van der Waals surface area (Å²) in [6.45, 7) is 5.82. The van der Waals surface area contributed by atoms with Gasteiger partial charge in [0.2, 0.25) is 0 Å². The Morgan fingerprint density at radius 2 is 2.23 bits per heavy atom. The SMILES string of the molecule is CCn1ccnc1[C@@H](NC[C@H]1CCOC1)c1ccc(I)cc1. The molecule has 1 aromatic carbocycles. The first-order chi connectivity index (χ1) is 10.8. The Morgan fingerprint density at radius 3 is 2.91 bits per heavy atom. The number of aryl methyl sites for hydroxylation is 1. The first-order valence-electron chi connectivity index (χ1n) is 7.85. The average Bonchev–Trinajstić information content (AvgIpc) is 3.20. The molecule has 0 saturated carbocycles. The summed E-state index contributed by atoms with van der Waals surface area (Å²) in [6.07, 6.45) is 5.09. The van der Waals surface area contributed by atoms with Crippen molar-refractivity contribution in [2.24, 2.45) is 5.92 Å². The molecule has 1 aliphatic heterocycles. The minimum atomic E-state index is 0.132. The monoisotopic (exact) mass is 411 g/mol. The van der Waals surface area contributed by atoms with Gasteiger partial charge in [0.25, 0.3) is 0 Å². The molecule has 0 bridgehead atoms. The first kappa shape index (κ1) is 16.0. The van der Waals surface area contributed by atoms with Crippen LogP contribution in [0, 0.1) is 9.49 Å². The van der Waals surface area contributed by atoms with Crippen molar-refractivity contribution >= 4 is 22.6 Å². The van der Waals surface area contributed by atoms with Crippen LogP contribution >= 0.6 is 22.6 Å². The van der Waals surface area contributed by atoms with Gasteiger partial charge in [-0.15, -0.1) is 0 Å². The predicted octanol–water partition coefficient (Wildman–Crippen LogP) is 3.22. The standard InChI is InChI=1S/C17H22IN3O/c1-2-21-9-8-19-17(21)16(14-3-5-15(18)6-4-14)20-11-13-7-10-22-12-13/h3-6,8-9,13,16,20H,2,7,10-12H2,1H3/t13-,16+/m1/s1. The summed E-state index contributed by atoms with van der Waals surface area (Å²) in [5.74, 6) is 1.69. The van der Waals surface area contributed by atoms with Crippen LogP contribution in [-0.4, -0.2) is 29.3 Å². The third-order valence-corrected chi connectivity index (χ3v) is 4.90. The van der Waals surface area contributed by atoms with Crippen LogP contribution in [-0.2, 0) is 11.3 Å². The van der Waals surface area contributed by atoms with Gasteiger partial charge in [-0.3, -0.25) is 0 Å². The van der Waals surface area contributed by atoms with Crippen LogP contribution in [0.15, 0.2) is 36.7 Å². The van der Waals surface area contributed by atoms with E-state index in [-0.39, 0.29) is 6.04 Å². The fraction of sp³-hybridized carbons (Fsp3) is 0.471. The van der Waals surface area contributed by atoms with Crippen LogP contribution in [0.5, 0.6) is 0 Å². The van der Waals surface area contributed by atoms with Gasteiger partial charge in [-0.25, -0.2) is 4.98 Å². The van der Waals surface area contributed by atoms with Crippen molar-refractivity contribution in [3.63, 3.8) is 0 Å². The number of rotatable bonds is 6. The van der Waals surface area contributed by atoms with Crippen molar-refractivity contribution in [2.75, 3.05) is 19.8 Å². The van der Waals surface area contributed by atoms with Crippen molar-refractivity contribution in [3.05, 3.63) is 51.6 Å². The van der Waals surface area contributed by atoms with Gasteiger partial charge >= 0.3 is 0 Å². The maximum Gasteiger partial charge on any atom is 0.130 e. The number of aromatic nitrogens is 2. The van der Waals surface area contributed by atoms with E-state index in [4.69, 9.17) is 4.74 Å². The first-order valence-corrected chi connectivity index (χ1v) is 8.93. The lowest BCUT2D eigenvalue weighted by molar-refractivity contribution is 0.184. The van der Waals surface area contributed by atoms with Crippen LogP contribution < -0.4 is 5.32 Å². The number of benzene rings is 1. The smallest absolute Gasteiger partial charge is 0.130 e. The van der Waals surface area contributed by atoms with E-state index in [1.807, 2.05) is 6.20 Å². The van der Waals surface area contributed by atoms with E-state index < -0.39 is 0 Å². The molecule has 2 aromatic rings. The second-order valence-corrected chi connectivity index (χ2v) is 6.94. The minimum absolute atomic E-state index is 0.132. The van der Waals surface area contributed by atoms with E-state index in [9.17, 15) is 0 Å². The summed E-state index contributed by atoms with van der Waals surface area (Å²) < 4.78 is 8.95. The van der Waals surface area contributed by atoms with Gasteiger partial charge in [0.05, 0.1) is 12.6 Å². The zero-order chi connectivity index (χ0) is 15.4. The normalized spacial score (nSPS) is 19.5. The molecule has 1 aliphatic rings. The molecule has 0 amide bonds. The molecule has 2 heterocycles. The lowest BCUT2D eigenvalue weighted by Gasteiger charge is -2.21. The van der Waals surface area contributed by atoms with Crippen LogP contribution in [0.2, 0.25) is 0 Å². The van der Waals surface area contributed by atoms with Gasteiger partial charge in [0, 0.05) is 35.7 Å². The third-order valence-electron chi connectivity index (χ3n) is 4.18. The number of nitrogens with one attached hydrogen (secondary N) is 1. The summed E-state index contributed by atoms with van der Waals surface area (Å²) in [5, 5.41) is 3.71. The van der Waals surface area contributed by atoms with Crippen molar-refractivity contribution < 1.29 is 4.74 Å². The highest BCUT2D eigenvalue weighted by molar-refractivity contribution is 14.1. The second kappa shape index (κ2) is 7.57. The van der Waals surface area contributed by atoms with E-state index in [2.05, 4.69) is 74.8 Å². The Labute approximate surface area is 145 Å². The van der Waals surface area contributed by atoms with E-state index in [0.29, 0.717) is 5.92 Å². The summed E-state index contributed by atoms with van der Waals surface area (Å²) >= 11 is 2.34. The Morgan fingerprint density at radius 1 is 1.41 bits per heavy atom. The Kier molecular flexibility index (Phi) is 5.49. The highest BCUT2D eigenvalue weighted by Crippen LogP contribution is 2.23. The average molecular weight is 411 g/mol. The number of hydrogen-bond acceptors (Lipinski definition) is 3. The molecule has 1 fully saturated rings. The van der Waals surface area contributed by atoms with Crippen LogP contribution in [0.1, 0.15) is 30.8 Å². The molecule has 1 saturated heterocycles. The van der Waals surface area contributed by atoms with Gasteiger partial charge in [-0.05, 0) is 59.5 Å². The highest BCUT2D eigenvalue weighted by Gasteiger charge is 2.22. The van der Waals surface area contributed by atoms with Gasteiger partial charge in [0.15, 0.2) is 0 Å². The maximum absolute atomic E-state index is 5.48. The molecule has 22 heavy (non-hydrogen) atoms. The lowest BCUT2D eigenvalue weighted by atomic mass is 10.0. The minimum Gasteiger partial charge on any atom is -0.381 e. The largest absolute Gasteiger partial charge is 0.381 e. The van der Waals surface area contributed by atoms with E-state index in [1.165, 1.54) is 9.13 Å². The summed E-state index contributed by atoms with van der Waals surface area (Å²) in [6, 6.07) is 8.83. The third kappa shape index (κ3) is 3.70. The van der Waals surface area contributed by atoms with Crippen LogP contribution in [0.3, 0.4) is 0 Å². The van der Waals surface area contributed by atoms with Crippen molar-refractivity contribution in [1.29, 1.82) is 0 Å². The Hall–Kier alpha value is -0.920. The molecule has 2 atom stereocenters. The highest BCUT2D eigenvalue weighted by atomic mass is 127. The molecule has 0 unspecified atom stereocenters. The van der Waals surface area contributed by atoms with Crippen LogP contribution in [0.4, 0.5) is 0 Å². The van der Waals surface area contributed by atoms with Gasteiger partial charge in [-0.2, -0.15) is 0 Å². The molecular weight excluding hydrogens is 389 g/mol. The van der Waals surface area contributed by atoms with Gasteiger partial charge < -0.3 is 14.6 Å². The number of halogens is 1. The molecule has 1 N–H and O–H groups in total. The fourth-order valence-corrected chi connectivity index (χ4v) is 3.25. The lowest BCUT2D eigenvalue weighted by Crippen LogP contribution is -2.30. The van der Waals surface area contributed by atoms with Crippen molar-refractivity contribution in [3.8, 4) is 0 Å². The fourth-order valence-electron chi connectivity index (χ4n) is 2.89. The zero-order valence-electron chi connectivity index (χ0n) is 12.8. The molecule has 118 valence electrons. The number of imidazole rings is 1. The maximum atomic E-state index is 5.48. The van der Waals surface area contributed by atoms with E-state index in [1.54, 1.807) is 0 Å². The second-order valence-electron chi connectivity index (χ2n) is 5.69. The number of ether oxygens (including phenoxy) is 1. The summed E-state index contributed by atoms with van der Waals surface area (Å²) in [7, 11) is 0. The van der Waals surface area contributed by atoms with Gasteiger partial charge in [0.1, 0.15) is 5.82 Å². The van der Waals surface area contributed by atoms with Gasteiger partial charge in [-0.1, -0.05) is 12.1 Å². The molecular formula is C17H22IN3O. The van der Waals surface area contributed by atoms with Crippen molar-refractivity contribution in [1.82, 2.24) is 14.9 Å². The van der Waals surface area contributed by atoms with E-state index >= 15 is 0 Å². The molecule has 0 spiro atoms. The molecule has 4 nitrogen and oxygen atoms in total. The zero-order valence-corrected chi connectivity index (χ0v) is 15.0. The quantitative estimate of drug-likeness (QED) is 0.743. The Bertz CT molecular complexity index is 590. The molecule has 3 rings (SSSR count). The van der Waals surface area contributed by atoms with Crippen LogP contribution in [0.25, 0.3) is 0 Å². The molecule has 1 aromatic heterocycles. The number of hydrogen-bond donors (Lipinski definition) is 1.